The molecule has 0 saturated carbocycles. The van der Waals surface area contributed by atoms with Crippen molar-refractivity contribution in [1.29, 1.82) is 0 Å². The molecule has 2 bridgehead atoms. The number of ether oxygens (including phenoxy) is 2. The molecule has 3 fully saturated rings. The number of hydrogen-bond acceptors (Lipinski definition) is 16. The van der Waals surface area contributed by atoms with Gasteiger partial charge in [0.05, 0.1) is 32.0 Å². The van der Waals surface area contributed by atoms with E-state index < -0.39 is 63.2 Å². The van der Waals surface area contributed by atoms with Gasteiger partial charge in [-0.25, -0.2) is 43.4 Å². The number of imidazole rings is 2. The van der Waals surface area contributed by atoms with E-state index in [9.17, 15) is 9.13 Å². The molecule has 7 rings (SSSR count). The second-order valence-electron chi connectivity index (χ2n) is 9.80. The van der Waals surface area contributed by atoms with Crippen LogP contribution in [0.25, 0.3) is 22.3 Å². The van der Waals surface area contributed by atoms with Crippen LogP contribution < -0.4 is 11.5 Å². The summed E-state index contributed by atoms with van der Waals surface area (Å²) in [5.74, 6) is 0.225. The molecule has 9 atom stereocenters. The Morgan fingerprint density at radius 3 is 2.02 bits per heavy atom. The van der Waals surface area contributed by atoms with Crippen LogP contribution in [0.1, 0.15) is 18.9 Å². The molecule has 3 aliphatic heterocycles. The van der Waals surface area contributed by atoms with Crippen LogP contribution >= 0.6 is 38.1 Å². The van der Waals surface area contributed by atoms with E-state index in [0.717, 1.165) is 0 Å². The summed E-state index contributed by atoms with van der Waals surface area (Å²) in [5.41, 5.74) is 12.8. The van der Waals surface area contributed by atoms with Crippen molar-refractivity contribution < 1.29 is 41.1 Å². The van der Waals surface area contributed by atoms with E-state index in [1.54, 1.807) is 0 Å². The van der Waals surface area contributed by atoms with Crippen molar-refractivity contribution in [3.05, 3.63) is 25.3 Å². The summed E-state index contributed by atoms with van der Waals surface area (Å²) in [7, 11) is 0. The lowest BCUT2D eigenvalue weighted by Gasteiger charge is -2.26. The first-order chi connectivity index (χ1) is 20.5. The average molecular weight is 677 g/mol. The summed E-state index contributed by atoms with van der Waals surface area (Å²) in [5, 5.41) is 0. The highest BCUT2D eigenvalue weighted by molar-refractivity contribution is 8.44. The lowest BCUT2D eigenvalue weighted by molar-refractivity contribution is -0.0561. The van der Waals surface area contributed by atoms with Gasteiger partial charge in [0.15, 0.2) is 41.6 Å². The lowest BCUT2D eigenvalue weighted by Crippen LogP contribution is -2.33. The molecule has 4 aromatic rings. The van der Waals surface area contributed by atoms with E-state index >= 15 is 4.39 Å². The second-order valence-corrected chi connectivity index (χ2v) is 15.6. The third-order valence-corrected chi connectivity index (χ3v) is 10.3. The fourth-order valence-electron chi connectivity index (χ4n) is 5.18. The van der Waals surface area contributed by atoms with Gasteiger partial charge in [-0.15, -0.1) is 0 Å². The Balaban J connectivity index is 1.18. The van der Waals surface area contributed by atoms with Crippen molar-refractivity contribution in [2.75, 3.05) is 24.7 Å². The number of fused-ring (bicyclic) bond motifs is 5. The first kappa shape index (κ1) is 29.3. The van der Waals surface area contributed by atoms with Gasteiger partial charge >= 0.3 is 13.6 Å². The molecular formula is C20H23FN10O8P2S2. The van der Waals surface area contributed by atoms with Crippen LogP contribution in [0.15, 0.2) is 25.3 Å². The molecule has 0 spiro atoms. The summed E-state index contributed by atoms with van der Waals surface area (Å²) in [4.78, 5) is 24.5. The maximum Gasteiger partial charge on any atom is 0.386 e. The molecule has 230 valence electrons. The van der Waals surface area contributed by atoms with Gasteiger partial charge < -0.3 is 20.9 Å². The standard InChI is InChI=1S/C20H23FN10O8P2S2/c21-11-14-10(37-20(11)31-7-29-13-16(23)25-5-27-18(13)31)3-35-40(32,42)38-9-1-8(2-34-41(33,43)39-14)36-19(9)30-6-28-12-15(22)24-4-26-17(12)30/h4-11,14,19-20H,1-3H2,(H,32,42)(H,33,43)(H2,22,24,26)(H2,23,25,27)/t8-,9+,10+,11+,14+,19+,20+,40+,41+/m0/s1. The molecule has 23 heteroatoms. The van der Waals surface area contributed by atoms with Crippen LogP contribution in [-0.4, -0.2) is 82.8 Å². The van der Waals surface area contributed by atoms with Crippen LogP contribution in [0.3, 0.4) is 0 Å². The van der Waals surface area contributed by atoms with Gasteiger partial charge in [-0.3, -0.25) is 27.2 Å². The van der Waals surface area contributed by atoms with E-state index in [0.29, 0.717) is 11.2 Å². The van der Waals surface area contributed by atoms with Crippen LogP contribution in [0.5, 0.6) is 0 Å². The van der Waals surface area contributed by atoms with Crippen molar-refractivity contribution in [3.8, 4) is 0 Å². The highest BCUT2D eigenvalue weighted by Crippen LogP contribution is 2.60. The number of nitrogen functional groups attached to an aromatic ring is 2. The van der Waals surface area contributed by atoms with E-state index in [4.69, 9.17) is 39.0 Å². The number of halogens is 1. The molecule has 4 N–H and O–H groups in total. The molecule has 0 amide bonds. The Morgan fingerprint density at radius 1 is 0.791 bits per heavy atom. The van der Waals surface area contributed by atoms with Crippen molar-refractivity contribution in [2.45, 2.75) is 49.5 Å². The Kier molecular flexibility index (Phi) is 7.40. The molecule has 18 nitrogen and oxygen atoms in total. The number of alkyl halides is 1. The van der Waals surface area contributed by atoms with Crippen molar-refractivity contribution in [2.24, 2.45) is 0 Å². The average Bonchev–Trinajstić information content (AvgIpc) is 3.72. The van der Waals surface area contributed by atoms with Crippen LogP contribution in [0.2, 0.25) is 0 Å². The van der Waals surface area contributed by atoms with Gasteiger partial charge in [-0.1, -0.05) is 24.5 Å². The quantitative estimate of drug-likeness (QED) is 0.176. The van der Waals surface area contributed by atoms with E-state index in [1.807, 2.05) is 0 Å². The van der Waals surface area contributed by atoms with E-state index in [1.165, 1.54) is 34.4 Å². The summed E-state index contributed by atoms with van der Waals surface area (Å²) < 4.78 is 80.0. The Bertz CT molecular complexity index is 1800. The predicted molar refractivity (Wildman–Crippen MR) is 152 cm³/mol. The number of hydrogen-bond donors (Lipinski definition) is 4. The molecule has 0 aliphatic carbocycles. The maximum absolute atomic E-state index is 16.0. The van der Waals surface area contributed by atoms with Crippen molar-refractivity contribution in [3.63, 3.8) is 0 Å². The van der Waals surface area contributed by atoms with Crippen molar-refractivity contribution >= 4 is 72.1 Å². The highest BCUT2D eigenvalue weighted by Gasteiger charge is 2.52. The molecule has 43 heavy (non-hydrogen) atoms. The zero-order valence-corrected chi connectivity index (χ0v) is 25.2. The lowest BCUT2D eigenvalue weighted by atomic mass is 10.1. The molecule has 0 radical (unpaired) electrons. The summed E-state index contributed by atoms with van der Waals surface area (Å²) in [6, 6.07) is 0. The smallest absolute Gasteiger partial charge is 0.382 e. The number of anilines is 2. The minimum Gasteiger partial charge on any atom is -0.382 e. The third-order valence-electron chi connectivity index (χ3n) is 7.08. The monoisotopic (exact) mass is 676 g/mol. The van der Waals surface area contributed by atoms with Gasteiger partial charge in [-0.05, 0) is 0 Å². The largest absolute Gasteiger partial charge is 0.386 e. The predicted octanol–water partition coefficient (Wildman–Crippen LogP) is 2.25. The molecule has 0 unspecified atom stereocenters. The maximum atomic E-state index is 16.0. The molecule has 3 aliphatic rings. The summed E-state index contributed by atoms with van der Waals surface area (Å²) in [6.45, 7) is -9.23. The van der Waals surface area contributed by atoms with Crippen LogP contribution in [-0.2, 0) is 36.7 Å². The zero-order valence-electron chi connectivity index (χ0n) is 21.6. The number of rotatable bonds is 2. The van der Waals surface area contributed by atoms with E-state index in [2.05, 4.69) is 54.4 Å². The van der Waals surface area contributed by atoms with Crippen LogP contribution in [0, 0.1) is 0 Å². The molecule has 4 aromatic heterocycles. The van der Waals surface area contributed by atoms with Crippen molar-refractivity contribution in [1.82, 2.24) is 39.0 Å². The Morgan fingerprint density at radius 2 is 1.37 bits per heavy atom. The van der Waals surface area contributed by atoms with Crippen LogP contribution in [0.4, 0.5) is 16.0 Å². The van der Waals surface area contributed by atoms with Gasteiger partial charge in [0.1, 0.15) is 42.0 Å². The SMILES string of the molecule is Nc1ncnc2c1ncn2[C@@H]1O[C@@H]2CO[P@@](=O)(S)O[C@@H]3C[C@@H](CO[P@@](=O)(S)O[C@H]2[C@H]1F)O[C@H]3n1cnc2c(N)ncnc21. The van der Waals surface area contributed by atoms with Gasteiger partial charge in [0.25, 0.3) is 0 Å². The normalized spacial score (nSPS) is 37.1. The number of thiol groups is 2. The fraction of sp³-hybridized carbons (Fsp3) is 0.500. The number of nitrogens with zero attached hydrogens (tertiary/aromatic N) is 8. The zero-order chi connectivity index (χ0) is 30.1. The molecule has 0 aromatic carbocycles. The van der Waals surface area contributed by atoms with Gasteiger partial charge in [-0.2, -0.15) is 0 Å². The number of aromatic nitrogens is 8. The van der Waals surface area contributed by atoms with Gasteiger partial charge in [0.2, 0.25) is 0 Å². The topological polar surface area (TPSA) is 229 Å². The van der Waals surface area contributed by atoms with Gasteiger partial charge in [0, 0.05) is 6.42 Å². The fourth-order valence-corrected chi connectivity index (χ4v) is 8.18. The van der Waals surface area contributed by atoms with E-state index in [-0.39, 0.29) is 35.8 Å². The Hall–Kier alpha value is -2.45. The first-order valence-corrected chi connectivity index (χ1v) is 18.0. The highest BCUT2D eigenvalue weighted by atomic mass is 32.7. The first-order valence-electron chi connectivity index (χ1n) is 12.6. The summed E-state index contributed by atoms with van der Waals surface area (Å²) >= 11 is 8.21. The third kappa shape index (κ3) is 5.41. The minimum atomic E-state index is -4.23. The number of nitrogens with two attached hydrogens (primary N) is 2. The molecule has 7 heterocycles. The summed E-state index contributed by atoms with van der Waals surface area (Å²) in [6.07, 6.45) is -3.59. The second kappa shape index (κ2) is 10.9. The molecule has 3 saturated heterocycles. The molecular weight excluding hydrogens is 653 g/mol. The minimum absolute atomic E-state index is 0.0791. The Labute approximate surface area is 251 Å².